The van der Waals surface area contributed by atoms with Crippen LogP contribution in [0.3, 0.4) is 0 Å². The Morgan fingerprint density at radius 1 is 1.45 bits per heavy atom. The summed E-state index contributed by atoms with van der Waals surface area (Å²) in [5, 5.41) is 9.85. The molecule has 0 saturated carbocycles. The fourth-order valence-electron chi connectivity index (χ4n) is 2.26. The number of alkyl halides is 3. The average Bonchev–Trinajstić information content (AvgIpc) is 2.48. The van der Waals surface area contributed by atoms with Crippen LogP contribution in [0.2, 0.25) is 5.02 Å². The quantitative estimate of drug-likeness (QED) is 0.911. The van der Waals surface area contributed by atoms with Crippen LogP contribution in [0.5, 0.6) is 5.75 Å². The zero-order chi connectivity index (χ0) is 14.9. The first-order valence-corrected chi connectivity index (χ1v) is 6.52. The van der Waals surface area contributed by atoms with Gasteiger partial charge in [0.2, 0.25) is 0 Å². The molecule has 7 heteroatoms. The lowest BCUT2D eigenvalue weighted by atomic mass is 10.0. The molecule has 0 amide bonds. The molecule has 1 aliphatic rings. The third-order valence-corrected chi connectivity index (χ3v) is 3.55. The molecule has 3 nitrogen and oxygen atoms in total. The van der Waals surface area contributed by atoms with Gasteiger partial charge in [0.15, 0.2) is 0 Å². The predicted molar refractivity (Wildman–Crippen MR) is 69.1 cm³/mol. The Morgan fingerprint density at radius 3 is 2.80 bits per heavy atom. The van der Waals surface area contributed by atoms with Crippen molar-refractivity contribution in [1.82, 2.24) is 4.90 Å². The van der Waals surface area contributed by atoms with Crippen LogP contribution < -0.4 is 0 Å². The highest BCUT2D eigenvalue weighted by atomic mass is 35.5. The summed E-state index contributed by atoms with van der Waals surface area (Å²) in [6, 6.07) is 2.99. The second-order valence-electron chi connectivity index (χ2n) is 4.93. The number of ether oxygens (including phenoxy) is 1. The van der Waals surface area contributed by atoms with Gasteiger partial charge in [-0.15, -0.1) is 0 Å². The van der Waals surface area contributed by atoms with E-state index in [1.165, 1.54) is 6.07 Å². The smallest absolute Gasteiger partial charge is 0.411 e. The molecule has 1 aliphatic heterocycles. The van der Waals surface area contributed by atoms with Crippen LogP contribution in [0.4, 0.5) is 13.2 Å². The van der Waals surface area contributed by atoms with Crippen LogP contribution in [0.1, 0.15) is 17.2 Å². The van der Waals surface area contributed by atoms with Crippen molar-refractivity contribution >= 4 is 11.6 Å². The molecule has 1 heterocycles. The van der Waals surface area contributed by atoms with Gasteiger partial charge in [0.1, 0.15) is 12.4 Å². The molecule has 0 aromatic heterocycles. The van der Waals surface area contributed by atoms with E-state index in [0.717, 1.165) is 5.56 Å². The number of fused-ring (bicyclic) bond motifs is 1. The van der Waals surface area contributed by atoms with E-state index in [0.29, 0.717) is 25.1 Å². The molecule has 0 bridgehead atoms. The van der Waals surface area contributed by atoms with E-state index in [-0.39, 0.29) is 10.8 Å². The fraction of sp³-hybridized carbons (Fsp3) is 0.538. The van der Waals surface area contributed by atoms with Gasteiger partial charge < -0.3 is 14.7 Å². The number of nitrogens with zero attached hydrogens (tertiary/aromatic N) is 1. The molecule has 1 unspecified atom stereocenters. The Balaban J connectivity index is 2.29. The highest BCUT2D eigenvalue weighted by Crippen LogP contribution is 2.34. The molecular weight excluding hydrogens is 295 g/mol. The van der Waals surface area contributed by atoms with Crippen LogP contribution in [-0.2, 0) is 11.2 Å². The summed E-state index contributed by atoms with van der Waals surface area (Å²) < 4.78 is 42.0. The lowest BCUT2D eigenvalue weighted by Crippen LogP contribution is -2.27. The average molecular weight is 310 g/mol. The van der Waals surface area contributed by atoms with Gasteiger partial charge in [-0.1, -0.05) is 11.6 Å². The van der Waals surface area contributed by atoms with E-state index in [2.05, 4.69) is 0 Å². The van der Waals surface area contributed by atoms with Gasteiger partial charge >= 0.3 is 6.18 Å². The maximum atomic E-state index is 12.3. The minimum Gasteiger partial charge on any atom is -0.506 e. The number of likely N-dealkylation sites (N-methyl/N-ethyl adjacent to an activating group) is 1. The molecule has 112 valence electrons. The van der Waals surface area contributed by atoms with Gasteiger partial charge in [-0.25, -0.2) is 0 Å². The number of aromatic hydroxyl groups is 1. The van der Waals surface area contributed by atoms with Gasteiger partial charge in [0.05, 0.1) is 11.1 Å². The molecule has 20 heavy (non-hydrogen) atoms. The first-order chi connectivity index (χ1) is 9.26. The predicted octanol–water partition coefficient (Wildman–Crippen LogP) is 3.15. The van der Waals surface area contributed by atoms with E-state index >= 15 is 0 Å². The zero-order valence-corrected chi connectivity index (χ0v) is 11.6. The molecule has 0 fully saturated rings. The van der Waals surface area contributed by atoms with Gasteiger partial charge in [0.25, 0.3) is 0 Å². The molecule has 1 aromatic carbocycles. The number of rotatable bonds is 2. The van der Waals surface area contributed by atoms with E-state index in [4.69, 9.17) is 16.3 Å². The molecule has 0 aliphatic carbocycles. The van der Waals surface area contributed by atoms with Crippen LogP contribution in [0.25, 0.3) is 0 Å². The Bertz CT molecular complexity index is 493. The summed E-state index contributed by atoms with van der Waals surface area (Å²) in [5.74, 6) is -0.143. The topological polar surface area (TPSA) is 32.7 Å². The van der Waals surface area contributed by atoms with Crippen molar-refractivity contribution in [3.05, 3.63) is 28.3 Å². The van der Waals surface area contributed by atoms with Crippen LogP contribution in [-0.4, -0.2) is 42.9 Å². The second kappa shape index (κ2) is 5.79. The third kappa shape index (κ3) is 3.77. The van der Waals surface area contributed by atoms with Crippen molar-refractivity contribution in [2.45, 2.75) is 18.7 Å². The zero-order valence-electron chi connectivity index (χ0n) is 10.9. The molecule has 0 radical (unpaired) electrons. The van der Waals surface area contributed by atoms with Crippen molar-refractivity contribution in [3.63, 3.8) is 0 Å². The summed E-state index contributed by atoms with van der Waals surface area (Å²) in [5.41, 5.74) is 1.38. The molecule has 1 atom stereocenters. The number of phenols is 1. The molecule has 1 N–H and O–H groups in total. The summed E-state index contributed by atoms with van der Waals surface area (Å²) in [7, 11) is 1.82. The highest BCUT2D eigenvalue weighted by Gasteiger charge is 2.31. The Labute approximate surface area is 119 Å². The summed E-state index contributed by atoms with van der Waals surface area (Å²) >= 11 is 5.85. The maximum absolute atomic E-state index is 12.3. The van der Waals surface area contributed by atoms with Gasteiger partial charge in [-0.2, -0.15) is 13.2 Å². The molecular formula is C13H15ClF3NO2. The maximum Gasteiger partial charge on any atom is 0.411 e. The Kier molecular flexibility index (Phi) is 4.46. The van der Waals surface area contributed by atoms with E-state index < -0.39 is 18.9 Å². The van der Waals surface area contributed by atoms with Crippen molar-refractivity contribution in [2.24, 2.45) is 0 Å². The van der Waals surface area contributed by atoms with Gasteiger partial charge in [-0.3, -0.25) is 0 Å². The lowest BCUT2D eigenvalue weighted by molar-refractivity contribution is -0.187. The lowest BCUT2D eigenvalue weighted by Gasteiger charge is -2.22. The minimum absolute atomic E-state index is 0.143. The summed E-state index contributed by atoms with van der Waals surface area (Å²) in [6.07, 6.45) is -4.46. The van der Waals surface area contributed by atoms with Crippen molar-refractivity contribution in [3.8, 4) is 5.75 Å². The number of benzene rings is 1. The number of hydrogen-bond acceptors (Lipinski definition) is 3. The highest BCUT2D eigenvalue weighted by molar-refractivity contribution is 6.32. The number of hydrogen-bond donors (Lipinski definition) is 1. The molecule has 1 aromatic rings. The van der Waals surface area contributed by atoms with Crippen molar-refractivity contribution in [2.75, 3.05) is 26.7 Å². The summed E-state index contributed by atoms with van der Waals surface area (Å²) in [4.78, 5) is 1.89. The van der Waals surface area contributed by atoms with Gasteiger partial charge in [-0.05, 0) is 36.7 Å². The first-order valence-electron chi connectivity index (χ1n) is 6.14. The fourth-order valence-corrected chi connectivity index (χ4v) is 2.44. The largest absolute Gasteiger partial charge is 0.506 e. The normalized spacial score (nSPS) is 20.6. The molecule has 0 saturated heterocycles. The summed E-state index contributed by atoms with van der Waals surface area (Å²) in [6.45, 7) is -0.279. The molecule has 0 spiro atoms. The number of halogens is 4. The first kappa shape index (κ1) is 15.4. The van der Waals surface area contributed by atoms with Crippen LogP contribution >= 0.6 is 11.6 Å². The van der Waals surface area contributed by atoms with E-state index in [1.54, 1.807) is 6.07 Å². The monoisotopic (exact) mass is 309 g/mol. The second-order valence-corrected chi connectivity index (χ2v) is 5.34. The van der Waals surface area contributed by atoms with Crippen molar-refractivity contribution < 1.29 is 23.0 Å². The minimum atomic E-state index is -4.38. The SMILES string of the molecule is CN1CCc2cc(Cl)c(O)cc2C(OCC(F)(F)F)C1. The van der Waals surface area contributed by atoms with Gasteiger partial charge in [0, 0.05) is 13.1 Å². The standard InChI is InChI=1S/C13H15ClF3NO2/c1-18-3-2-8-4-10(14)11(19)5-9(8)12(6-18)20-7-13(15,16)17/h4-5,12,19H,2-3,6-7H2,1H3. The Morgan fingerprint density at radius 2 is 2.15 bits per heavy atom. The number of phenolic OH excluding ortho intramolecular Hbond substituents is 1. The van der Waals surface area contributed by atoms with E-state index in [1.807, 2.05) is 11.9 Å². The molecule has 2 rings (SSSR count). The van der Waals surface area contributed by atoms with Crippen LogP contribution in [0, 0.1) is 0 Å². The van der Waals surface area contributed by atoms with Crippen LogP contribution in [0.15, 0.2) is 12.1 Å². The third-order valence-electron chi connectivity index (χ3n) is 3.24. The Hall–Kier alpha value is -0.980. The van der Waals surface area contributed by atoms with Crippen molar-refractivity contribution in [1.29, 1.82) is 0 Å². The van der Waals surface area contributed by atoms with E-state index in [9.17, 15) is 18.3 Å².